The maximum Gasteiger partial charge on any atom is 0.174 e. The van der Waals surface area contributed by atoms with Gasteiger partial charge in [0, 0.05) is 37.1 Å². The van der Waals surface area contributed by atoms with Gasteiger partial charge >= 0.3 is 0 Å². The number of thiocarbonyl (C=S) groups is 1. The van der Waals surface area contributed by atoms with E-state index >= 15 is 0 Å². The topological polar surface area (TPSA) is 63.4 Å². The first kappa shape index (κ1) is 15.5. The number of benzene rings is 1. The molecule has 0 unspecified atom stereocenters. The minimum absolute atomic E-state index is 0.110. The summed E-state index contributed by atoms with van der Waals surface area (Å²) in [5.41, 5.74) is 5.87. The number of nitrogens with zero attached hydrogens (tertiary/aromatic N) is 2. The summed E-state index contributed by atoms with van der Waals surface area (Å²) in [5.74, 6) is 0.632. The highest BCUT2D eigenvalue weighted by Crippen LogP contribution is 2.27. The van der Waals surface area contributed by atoms with Crippen LogP contribution in [0.4, 0.5) is 15.9 Å². The number of hydrogen-bond donors (Lipinski definition) is 2. The molecule has 3 N–H and O–H groups in total. The summed E-state index contributed by atoms with van der Waals surface area (Å²) < 4.78 is 19.3. The highest BCUT2D eigenvalue weighted by Gasteiger charge is 2.15. The number of pyridine rings is 1. The maximum atomic E-state index is 13.8. The van der Waals surface area contributed by atoms with E-state index in [0.717, 1.165) is 25.9 Å². The second-order valence-corrected chi connectivity index (χ2v) is 5.68. The predicted octanol–water partition coefficient (Wildman–Crippen LogP) is 3.39. The fourth-order valence-electron chi connectivity index (χ4n) is 2.38. The van der Waals surface area contributed by atoms with Crippen molar-refractivity contribution >= 4 is 28.8 Å². The molecule has 1 saturated heterocycles. The van der Waals surface area contributed by atoms with Crippen molar-refractivity contribution in [2.45, 2.75) is 12.8 Å². The lowest BCUT2D eigenvalue weighted by Crippen LogP contribution is -2.32. The lowest BCUT2D eigenvalue weighted by molar-refractivity contribution is 0.442. The number of nitrogens with one attached hydrogen (secondary N) is 1. The van der Waals surface area contributed by atoms with E-state index in [0.29, 0.717) is 22.4 Å². The van der Waals surface area contributed by atoms with E-state index in [1.807, 2.05) is 0 Å². The normalized spacial score (nSPS) is 13.9. The Balaban J connectivity index is 1.70. The highest BCUT2D eigenvalue weighted by molar-refractivity contribution is 7.80. The van der Waals surface area contributed by atoms with Gasteiger partial charge in [0.1, 0.15) is 11.6 Å². The molecule has 0 atom stereocenters. The first-order valence-corrected chi connectivity index (χ1v) is 7.77. The fourth-order valence-corrected chi connectivity index (χ4v) is 2.67. The lowest BCUT2D eigenvalue weighted by atomic mass is 10.3. The second-order valence-electron chi connectivity index (χ2n) is 5.29. The van der Waals surface area contributed by atoms with Crippen molar-refractivity contribution in [2.75, 3.05) is 24.1 Å². The first-order valence-electron chi connectivity index (χ1n) is 7.37. The van der Waals surface area contributed by atoms with Gasteiger partial charge < -0.3 is 20.7 Å². The van der Waals surface area contributed by atoms with E-state index in [2.05, 4.69) is 15.2 Å². The van der Waals surface area contributed by atoms with Crippen LogP contribution >= 0.6 is 12.2 Å². The Morgan fingerprint density at radius 3 is 2.78 bits per heavy atom. The molecule has 0 spiro atoms. The smallest absolute Gasteiger partial charge is 0.174 e. The van der Waals surface area contributed by atoms with Gasteiger partial charge in [-0.3, -0.25) is 0 Å². The molecule has 7 heteroatoms. The molecule has 120 valence electrons. The minimum atomic E-state index is -0.510. The summed E-state index contributed by atoms with van der Waals surface area (Å²) in [4.78, 5) is 6.31. The molecule has 0 radical (unpaired) electrons. The number of likely N-dealkylation sites (tertiary alicyclic amines) is 1. The zero-order valence-corrected chi connectivity index (χ0v) is 13.3. The third-order valence-corrected chi connectivity index (χ3v) is 3.90. The average Bonchev–Trinajstić information content (AvgIpc) is 3.05. The molecule has 0 aliphatic carbocycles. The molecule has 3 rings (SSSR count). The number of aromatic nitrogens is 1. The van der Waals surface area contributed by atoms with Crippen molar-refractivity contribution in [2.24, 2.45) is 0 Å². The highest BCUT2D eigenvalue weighted by atomic mass is 32.1. The van der Waals surface area contributed by atoms with Gasteiger partial charge in [-0.2, -0.15) is 0 Å². The molecular formula is C16H17FN4OS. The summed E-state index contributed by atoms with van der Waals surface area (Å²) in [7, 11) is 0. The summed E-state index contributed by atoms with van der Waals surface area (Å²) in [6.45, 7) is 1.91. The van der Waals surface area contributed by atoms with E-state index in [4.69, 9.17) is 22.7 Å². The Kier molecular flexibility index (Phi) is 4.57. The standard InChI is InChI=1S/C16H17FN4OS/c17-13-9-11(18)3-4-14(13)22-12-5-6-19-15(10-12)20-16(23)21-7-1-2-8-21/h3-6,9-10H,1-2,7-8,18H2,(H,19,20,23). The number of rotatable bonds is 3. The molecule has 2 heterocycles. The molecule has 0 amide bonds. The van der Waals surface area contributed by atoms with Crippen molar-refractivity contribution < 1.29 is 9.13 Å². The van der Waals surface area contributed by atoms with Crippen LogP contribution in [-0.2, 0) is 0 Å². The van der Waals surface area contributed by atoms with E-state index in [9.17, 15) is 4.39 Å². The van der Waals surface area contributed by atoms with E-state index in [1.54, 1.807) is 24.4 Å². The van der Waals surface area contributed by atoms with Gasteiger partial charge in [0.25, 0.3) is 0 Å². The number of anilines is 2. The number of halogens is 1. The van der Waals surface area contributed by atoms with Gasteiger partial charge in [-0.1, -0.05) is 0 Å². The Hall–Kier alpha value is -2.41. The van der Waals surface area contributed by atoms with Crippen LogP contribution in [0.2, 0.25) is 0 Å². The van der Waals surface area contributed by atoms with Crippen molar-refractivity contribution in [1.82, 2.24) is 9.88 Å². The average molecular weight is 332 g/mol. The van der Waals surface area contributed by atoms with Gasteiger partial charge in [-0.25, -0.2) is 9.37 Å². The first-order chi connectivity index (χ1) is 11.1. The molecule has 1 aliphatic heterocycles. The lowest BCUT2D eigenvalue weighted by Gasteiger charge is -2.19. The molecule has 2 aromatic rings. The van der Waals surface area contributed by atoms with Crippen LogP contribution in [0.15, 0.2) is 36.5 Å². The maximum absolute atomic E-state index is 13.8. The Morgan fingerprint density at radius 2 is 2.04 bits per heavy atom. The Bertz CT molecular complexity index is 719. The summed E-state index contributed by atoms with van der Waals surface area (Å²) in [6.07, 6.45) is 3.88. The van der Waals surface area contributed by atoms with Gasteiger partial charge in [0.05, 0.1) is 0 Å². The quantitative estimate of drug-likeness (QED) is 0.663. The number of hydrogen-bond acceptors (Lipinski definition) is 4. The van der Waals surface area contributed by atoms with Crippen molar-refractivity contribution in [3.63, 3.8) is 0 Å². The van der Waals surface area contributed by atoms with Crippen molar-refractivity contribution in [3.05, 3.63) is 42.3 Å². The van der Waals surface area contributed by atoms with Crippen molar-refractivity contribution in [1.29, 1.82) is 0 Å². The van der Waals surface area contributed by atoms with Gasteiger partial charge in [0.2, 0.25) is 0 Å². The minimum Gasteiger partial charge on any atom is -0.454 e. The molecule has 1 fully saturated rings. The molecule has 0 bridgehead atoms. The molecule has 5 nitrogen and oxygen atoms in total. The molecular weight excluding hydrogens is 315 g/mol. The van der Waals surface area contributed by atoms with Crippen LogP contribution in [-0.4, -0.2) is 28.1 Å². The third-order valence-electron chi connectivity index (χ3n) is 3.54. The van der Waals surface area contributed by atoms with Crippen LogP contribution in [0.5, 0.6) is 11.5 Å². The van der Waals surface area contributed by atoms with E-state index < -0.39 is 5.82 Å². The van der Waals surface area contributed by atoms with Gasteiger partial charge in [0.15, 0.2) is 16.7 Å². The van der Waals surface area contributed by atoms with E-state index in [1.165, 1.54) is 12.1 Å². The molecule has 23 heavy (non-hydrogen) atoms. The molecule has 1 aliphatic rings. The van der Waals surface area contributed by atoms with Gasteiger partial charge in [-0.15, -0.1) is 0 Å². The van der Waals surface area contributed by atoms with Crippen LogP contribution < -0.4 is 15.8 Å². The second kappa shape index (κ2) is 6.78. The van der Waals surface area contributed by atoms with Crippen LogP contribution in [0.3, 0.4) is 0 Å². The fraction of sp³-hybridized carbons (Fsp3) is 0.250. The van der Waals surface area contributed by atoms with E-state index in [-0.39, 0.29) is 5.75 Å². The Labute approximate surface area is 139 Å². The number of ether oxygens (including phenoxy) is 1. The summed E-state index contributed by atoms with van der Waals surface area (Å²) in [6, 6.07) is 7.63. The van der Waals surface area contributed by atoms with Gasteiger partial charge in [-0.05, 0) is 43.3 Å². The number of nitrogen functional groups attached to an aromatic ring is 1. The largest absolute Gasteiger partial charge is 0.454 e. The zero-order valence-electron chi connectivity index (χ0n) is 12.5. The molecule has 0 saturated carbocycles. The number of nitrogens with two attached hydrogens (primary N) is 1. The summed E-state index contributed by atoms with van der Waals surface area (Å²) >= 11 is 5.36. The Morgan fingerprint density at radius 1 is 1.26 bits per heavy atom. The third kappa shape index (κ3) is 3.87. The van der Waals surface area contributed by atoms with Crippen LogP contribution in [0.25, 0.3) is 0 Å². The predicted molar refractivity (Wildman–Crippen MR) is 92.2 cm³/mol. The van der Waals surface area contributed by atoms with Crippen LogP contribution in [0.1, 0.15) is 12.8 Å². The summed E-state index contributed by atoms with van der Waals surface area (Å²) in [5, 5.41) is 3.73. The van der Waals surface area contributed by atoms with Crippen LogP contribution in [0, 0.1) is 5.82 Å². The van der Waals surface area contributed by atoms with Crippen molar-refractivity contribution in [3.8, 4) is 11.5 Å². The zero-order chi connectivity index (χ0) is 16.2. The molecule has 1 aromatic heterocycles. The SMILES string of the molecule is Nc1ccc(Oc2ccnc(NC(=S)N3CCCC3)c2)c(F)c1. The monoisotopic (exact) mass is 332 g/mol. The molecule has 1 aromatic carbocycles.